The first-order valence-electron chi connectivity index (χ1n) is 6.75. The summed E-state index contributed by atoms with van der Waals surface area (Å²) in [5.41, 5.74) is 6.32. The lowest BCUT2D eigenvalue weighted by molar-refractivity contribution is -0.124. The van der Waals surface area contributed by atoms with Crippen molar-refractivity contribution in [3.8, 4) is 0 Å². The van der Waals surface area contributed by atoms with Gasteiger partial charge in [-0.2, -0.15) is 0 Å². The number of rotatable bonds is 5. The Bertz CT molecular complexity index is 404. The molecule has 0 heterocycles. The van der Waals surface area contributed by atoms with Gasteiger partial charge < -0.3 is 5.73 Å². The highest BCUT2D eigenvalue weighted by Crippen LogP contribution is 2.36. The molecule has 0 aromatic heterocycles. The second-order valence-corrected chi connectivity index (χ2v) is 5.30. The molecule has 1 fully saturated rings. The predicted molar refractivity (Wildman–Crippen MR) is 72.8 cm³/mol. The highest BCUT2D eigenvalue weighted by Gasteiger charge is 2.42. The van der Waals surface area contributed by atoms with Gasteiger partial charge in [-0.05, 0) is 30.7 Å². The van der Waals surface area contributed by atoms with Crippen molar-refractivity contribution < 1.29 is 4.79 Å². The second-order valence-electron chi connectivity index (χ2n) is 5.30. The summed E-state index contributed by atoms with van der Waals surface area (Å²) in [6.07, 6.45) is 3.97. The van der Waals surface area contributed by atoms with Gasteiger partial charge in [0.1, 0.15) is 0 Å². The molecule has 1 aromatic rings. The van der Waals surface area contributed by atoms with E-state index in [0.717, 1.165) is 25.7 Å². The van der Waals surface area contributed by atoms with Gasteiger partial charge >= 0.3 is 0 Å². The minimum absolute atomic E-state index is 0.200. The molecular weight excluding hydrogens is 224 g/mol. The first-order valence-corrected chi connectivity index (χ1v) is 6.75. The van der Waals surface area contributed by atoms with Crippen LogP contribution in [0.1, 0.15) is 38.2 Å². The van der Waals surface area contributed by atoms with Crippen LogP contribution in [0.3, 0.4) is 0 Å². The summed E-state index contributed by atoms with van der Waals surface area (Å²) in [6, 6.07) is 10.1. The smallest absolute Gasteiger partial charge is 0.237 e. The van der Waals surface area contributed by atoms with Crippen molar-refractivity contribution in [2.45, 2.75) is 44.7 Å². The first-order chi connectivity index (χ1) is 8.66. The van der Waals surface area contributed by atoms with Crippen LogP contribution in [0.2, 0.25) is 0 Å². The zero-order chi connectivity index (χ0) is 13.0. The summed E-state index contributed by atoms with van der Waals surface area (Å²) in [5, 5.41) is 3.40. The Labute approximate surface area is 109 Å². The number of amides is 1. The Morgan fingerprint density at radius 1 is 1.44 bits per heavy atom. The third kappa shape index (κ3) is 2.72. The van der Waals surface area contributed by atoms with Crippen LogP contribution >= 0.6 is 0 Å². The minimum atomic E-state index is -0.490. The lowest BCUT2D eigenvalue weighted by Gasteiger charge is -2.27. The lowest BCUT2D eigenvalue weighted by atomic mass is 9.93. The highest BCUT2D eigenvalue weighted by molar-refractivity contribution is 5.85. The van der Waals surface area contributed by atoms with Crippen molar-refractivity contribution in [1.82, 2.24) is 5.32 Å². The molecule has 0 spiro atoms. The van der Waals surface area contributed by atoms with Crippen LogP contribution in [0.15, 0.2) is 30.3 Å². The Kier molecular flexibility index (Phi) is 4.02. The van der Waals surface area contributed by atoms with E-state index in [0.29, 0.717) is 12.5 Å². The second kappa shape index (κ2) is 5.53. The van der Waals surface area contributed by atoms with Crippen LogP contribution in [0.25, 0.3) is 0 Å². The van der Waals surface area contributed by atoms with Gasteiger partial charge in [0.2, 0.25) is 5.91 Å². The Morgan fingerprint density at radius 2 is 2.17 bits per heavy atom. The van der Waals surface area contributed by atoms with Crippen molar-refractivity contribution in [3.05, 3.63) is 35.9 Å². The Hall–Kier alpha value is -1.35. The van der Waals surface area contributed by atoms with Crippen LogP contribution < -0.4 is 11.1 Å². The van der Waals surface area contributed by atoms with Crippen molar-refractivity contribution in [3.63, 3.8) is 0 Å². The van der Waals surface area contributed by atoms with Crippen LogP contribution in [0, 0.1) is 5.92 Å². The molecule has 1 aliphatic carbocycles. The van der Waals surface area contributed by atoms with Crippen LogP contribution in [-0.2, 0) is 11.3 Å². The monoisotopic (exact) mass is 246 g/mol. The normalized spacial score (nSPS) is 27.3. The molecule has 1 aliphatic rings. The highest BCUT2D eigenvalue weighted by atomic mass is 16.1. The van der Waals surface area contributed by atoms with Gasteiger partial charge in [0.25, 0.3) is 0 Å². The van der Waals surface area contributed by atoms with E-state index in [1.54, 1.807) is 0 Å². The zero-order valence-corrected chi connectivity index (χ0v) is 11.0. The van der Waals surface area contributed by atoms with Gasteiger partial charge in [-0.3, -0.25) is 10.1 Å². The van der Waals surface area contributed by atoms with Gasteiger partial charge in [0, 0.05) is 6.54 Å². The average Bonchev–Trinajstić information content (AvgIpc) is 2.83. The molecule has 3 heteroatoms. The van der Waals surface area contributed by atoms with Crippen molar-refractivity contribution in [1.29, 1.82) is 0 Å². The molecule has 18 heavy (non-hydrogen) atoms. The number of nitrogens with one attached hydrogen (secondary N) is 1. The summed E-state index contributed by atoms with van der Waals surface area (Å²) in [5.74, 6) is 0.426. The van der Waals surface area contributed by atoms with Gasteiger partial charge in [0.15, 0.2) is 0 Å². The molecule has 1 amide bonds. The van der Waals surface area contributed by atoms with E-state index < -0.39 is 5.54 Å². The fourth-order valence-corrected chi connectivity index (χ4v) is 2.83. The van der Waals surface area contributed by atoms with Gasteiger partial charge in [-0.15, -0.1) is 0 Å². The maximum Gasteiger partial charge on any atom is 0.237 e. The zero-order valence-electron chi connectivity index (χ0n) is 11.0. The molecule has 1 saturated carbocycles. The van der Waals surface area contributed by atoms with Gasteiger partial charge in [0.05, 0.1) is 5.54 Å². The topological polar surface area (TPSA) is 55.1 Å². The predicted octanol–water partition coefficient (Wildman–Crippen LogP) is 2.21. The molecule has 3 nitrogen and oxygen atoms in total. The van der Waals surface area contributed by atoms with Crippen LogP contribution in [-0.4, -0.2) is 11.4 Å². The number of nitrogens with two attached hydrogens (primary N) is 1. The van der Waals surface area contributed by atoms with Crippen molar-refractivity contribution in [2.75, 3.05) is 0 Å². The SMILES string of the molecule is CCC1CCC(NCc2ccccc2)(C(N)=O)C1. The van der Waals surface area contributed by atoms with Gasteiger partial charge in [-0.1, -0.05) is 43.7 Å². The van der Waals surface area contributed by atoms with E-state index in [1.165, 1.54) is 5.56 Å². The summed E-state index contributed by atoms with van der Waals surface area (Å²) in [4.78, 5) is 11.8. The van der Waals surface area contributed by atoms with E-state index in [1.807, 2.05) is 18.2 Å². The van der Waals surface area contributed by atoms with E-state index in [9.17, 15) is 4.79 Å². The number of benzene rings is 1. The number of primary amides is 1. The van der Waals surface area contributed by atoms with E-state index in [-0.39, 0.29) is 5.91 Å². The van der Waals surface area contributed by atoms with Crippen molar-refractivity contribution in [2.24, 2.45) is 11.7 Å². The molecule has 2 atom stereocenters. The van der Waals surface area contributed by atoms with E-state index >= 15 is 0 Å². The molecule has 0 radical (unpaired) electrons. The number of hydrogen-bond acceptors (Lipinski definition) is 2. The van der Waals surface area contributed by atoms with E-state index in [2.05, 4.69) is 24.4 Å². The fourth-order valence-electron chi connectivity index (χ4n) is 2.83. The Balaban J connectivity index is 2.02. The summed E-state index contributed by atoms with van der Waals surface area (Å²) >= 11 is 0. The number of carbonyl (C=O) groups excluding carboxylic acids is 1. The lowest BCUT2D eigenvalue weighted by Crippen LogP contribution is -2.53. The maximum atomic E-state index is 11.8. The number of hydrogen-bond donors (Lipinski definition) is 2. The molecule has 1 aromatic carbocycles. The summed E-state index contributed by atoms with van der Waals surface area (Å²) in [6.45, 7) is 2.89. The molecule has 3 N–H and O–H groups in total. The molecule has 0 bridgehead atoms. The minimum Gasteiger partial charge on any atom is -0.368 e. The maximum absolute atomic E-state index is 11.8. The molecule has 0 saturated heterocycles. The van der Waals surface area contributed by atoms with E-state index in [4.69, 9.17) is 5.73 Å². The van der Waals surface area contributed by atoms with Crippen molar-refractivity contribution >= 4 is 5.91 Å². The van der Waals surface area contributed by atoms with Gasteiger partial charge in [-0.25, -0.2) is 0 Å². The third-order valence-electron chi connectivity index (χ3n) is 4.14. The molecular formula is C15H22N2O. The fraction of sp³-hybridized carbons (Fsp3) is 0.533. The van der Waals surface area contributed by atoms with Crippen LogP contribution in [0.5, 0.6) is 0 Å². The quantitative estimate of drug-likeness (QED) is 0.837. The summed E-state index contributed by atoms with van der Waals surface area (Å²) in [7, 11) is 0. The standard InChI is InChI=1S/C15H22N2O/c1-2-12-8-9-15(10-12,14(16)18)17-11-13-6-4-3-5-7-13/h3-7,12,17H,2,8-11H2,1H3,(H2,16,18). The summed E-state index contributed by atoms with van der Waals surface area (Å²) < 4.78 is 0. The number of carbonyl (C=O) groups is 1. The third-order valence-corrected chi connectivity index (χ3v) is 4.14. The Morgan fingerprint density at radius 3 is 2.72 bits per heavy atom. The molecule has 0 aliphatic heterocycles. The average molecular weight is 246 g/mol. The van der Waals surface area contributed by atoms with Crippen LogP contribution in [0.4, 0.5) is 0 Å². The largest absolute Gasteiger partial charge is 0.368 e. The first kappa shape index (κ1) is 13.1. The molecule has 98 valence electrons. The molecule has 2 rings (SSSR count). The molecule has 2 unspecified atom stereocenters.